The summed E-state index contributed by atoms with van der Waals surface area (Å²) in [6, 6.07) is 7.80. The molecule has 2 saturated heterocycles. The van der Waals surface area contributed by atoms with Crippen molar-refractivity contribution in [2.24, 2.45) is 5.92 Å². The van der Waals surface area contributed by atoms with Crippen LogP contribution in [0.1, 0.15) is 18.4 Å². The van der Waals surface area contributed by atoms with Crippen molar-refractivity contribution >= 4 is 11.6 Å². The molecule has 3 rings (SSSR count). The number of para-hydroxylation sites is 1. The van der Waals surface area contributed by atoms with E-state index in [1.165, 1.54) is 6.42 Å². The molecule has 23 heavy (non-hydrogen) atoms. The Bertz CT molecular complexity index is 521. The minimum Gasteiger partial charge on any atom is -0.399 e. The fraction of sp³-hybridized carbons (Fsp3) is 0.611. The number of hydrogen-bond donors (Lipinski definition) is 1. The van der Waals surface area contributed by atoms with Gasteiger partial charge < -0.3 is 15.4 Å². The third-order valence-corrected chi connectivity index (χ3v) is 4.93. The Morgan fingerprint density at radius 2 is 2.00 bits per heavy atom. The van der Waals surface area contributed by atoms with Crippen LogP contribution in [0.15, 0.2) is 24.3 Å². The second kappa shape index (κ2) is 7.79. The predicted molar refractivity (Wildman–Crippen MR) is 91.1 cm³/mol. The molecule has 126 valence electrons. The van der Waals surface area contributed by atoms with Crippen molar-refractivity contribution in [2.45, 2.75) is 19.3 Å². The van der Waals surface area contributed by atoms with Crippen molar-refractivity contribution in [3.8, 4) is 0 Å². The van der Waals surface area contributed by atoms with Gasteiger partial charge in [0.05, 0.1) is 6.61 Å². The number of benzene rings is 1. The lowest BCUT2D eigenvalue weighted by atomic mass is 10.1. The van der Waals surface area contributed by atoms with Gasteiger partial charge in [0, 0.05) is 51.4 Å². The summed E-state index contributed by atoms with van der Waals surface area (Å²) in [5, 5.41) is 0. The molecular formula is C18H27N3O2. The van der Waals surface area contributed by atoms with Crippen LogP contribution < -0.4 is 5.73 Å². The number of anilines is 1. The van der Waals surface area contributed by atoms with E-state index < -0.39 is 0 Å². The molecule has 5 nitrogen and oxygen atoms in total. The highest BCUT2D eigenvalue weighted by molar-refractivity contribution is 5.76. The maximum atomic E-state index is 12.4. The van der Waals surface area contributed by atoms with Crippen molar-refractivity contribution in [3.05, 3.63) is 29.8 Å². The Morgan fingerprint density at radius 1 is 1.22 bits per heavy atom. The SMILES string of the molecule is Nc1ccccc1CCC(=O)N1CCN(CC2CCOC2)CC1. The van der Waals surface area contributed by atoms with Crippen molar-refractivity contribution in [2.75, 3.05) is 51.7 Å². The van der Waals surface area contributed by atoms with Gasteiger partial charge in [0.25, 0.3) is 0 Å². The van der Waals surface area contributed by atoms with Gasteiger partial charge in [0.2, 0.25) is 5.91 Å². The van der Waals surface area contributed by atoms with Gasteiger partial charge in [-0.15, -0.1) is 0 Å². The summed E-state index contributed by atoms with van der Waals surface area (Å²) in [7, 11) is 0. The molecule has 1 unspecified atom stereocenters. The third kappa shape index (κ3) is 4.45. The zero-order valence-electron chi connectivity index (χ0n) is 13.7. The van der Waals surface area contributed by atoms with Crippen LogP contribution >= 0.6 is 0 Å². The van der Waals surface area contributed by atoms with Crippen LogP contribution in [0, 0.1) is 5.92 Å². The van der Waals surface area contributed by atoms with E-state index in [1.54, 1.807) is 0 Å². The summed E-state index contributed by atoms with van der Waals surface area (Å²) >= 11 is 0. The molecule has 1 aromatic rings. The Labute approximate surface area is 138 Å². The van der Waals surface area contributed by atoms with E-state index in [0.29, 0.717) is 12.3 Å². The molecule has 1 atom stereocenters. The first-order valence-corrected chi connectivity index (χ1v) is 8.63. The first-order valence-electron chi connectivity index (χ1n) is 8.63. The van der Waals surface area contributed by atoms with Gasteiger partial charge in [-0.3, -0.25) is 9.69 Å². The molecule has 2 fully saturated rings. The number of nitrogens with zero attached hydrogens (tertiary/aromatic N) is 2. The number of amides is 1. The highest BCUT2D eigenvalue weighted by Crippen LogP contribution is 2.16. The average Bonchev–Trinajstić information content (AvgIpc) is 3.07. The second-order valence-corrected chi connectivity index (χ2v) is 6.61. The lowest BCUT2D eigenvalue weighted by molar-refractivity contribution is -0.133. The van der Waals surface area contributed by atoms with Crippen LogP contribution in [0.5, 0.6) is 0 Å². The van der Waals surface area contributed by atoms with E-state index in [2.05, 4.69) is 4.90 Å². The maximum Gasteiger partial charge on any atom is 0.222 e. The van der Waals surface area contributed by atoms with E-state index in [0.717, 1.165) is 63.6 Å². The lowest BCUT2D eigenvalue weighted by Crippen LogP contribution is -2.49. The smallest absolute Gasteiger partial charge is 0.222 e. The molecule has 5 heteroatoms. The zero-order valence-corrected chi connectivity index (χ0v) is 13.7. The number of carbonyl (C=O) groups is 1. The van der Waals surface area contributed by atoms with Gasteiger partial charge in [0.1, 0.15) is 0 Å². The third-order valence-electron chi connectivity index (χ3n) is 4.93. The fourth-order valence-electron chi connectivity index (χ4n) is 3.43. The highest BCUT2D eigenvalue weighted by atomic mass is 16.5. The summed E-state index contributed by atoms with van der Waals surface area (Å²) in [5.41, 5.74) is 7.79. The summed E-state index contributed by atoms with van der Waals surface area (Å²) in [4.78, 5) is 16.9. The average molecular weight is 317 g/mol. The van der Waals surface area contributed by atoms with E-state index in [1.807, 2.05) is 29.2 Å². The number of ether oxygens (including phenoxy) is 1. The van der Waals surface area contributed by atoms with Crippen LogP contribution in [0.2, 0.25) is 0 Å². The Balaban J connectivity index is 1.40. The number of piperazine rings is 1. The molecule has 0 radical (unpaired) electrons. The number of rotatable bonds is 5. The van der Waals surface area contributed by atoms with Gasteiger partial charge in [-0.25, -0.2) is 0 Å². The molecule has 2 aliphatic rings. The topological polar surface area (TPSA) is 58.8 Å². The van der Waals surface area contributed by atoms with Gasteiger partial charge in [-0.1, -0.05) is 18.2 Å². The maximum absolute atomic E-state index is 12.4. The monoisotopic (exact) mass is 317 g/mol. The molecule has 1 amide bonds. The molecule has 2 aliphatic heterocycles. The molecular weight excluding hydrogens is 290 g/mol. The zero-order chi connectivity index (χ0) is 16.1. The van der Waals surface area contributed by atoms with Gasteiger partial charge in [-0.2, -0.15) is 0 Å². The van der Waals surface area contributed by atoms with E-state index in [4.69, 9.17) is 10.5 Å². The summed E-state index contributed by atoms with van der Waals surface area (Å²) in [5.74, 6) is 0.926. The predicted octanol–water partition coefficient (Wildman–Crippen LogP) is 1.38. The van der Waals surface area contributed by atoms with Crippen LogP contribution in [0.4, 0.5) is 5.69 Å². The van der Waals surface area contributed by atoms with Gasteiger partial charge in [-0.05, 0) is 30.4 Å². The second-order valence-electron chi connectivity index (χ2n) is 6.61. The summed E-state index contributed by atoms with van der Waals surface area (Å²) < 4.78 is 5.44. The number of nitrogens with two attached hydrogens (primary N) is 1. The fourth-order valence-corrected chi connectivity index (χ4v) is 3.43. The van der Waals surface area contributed by atoms with Crippen LogP contribution in [-0.4, -0.2) is 61.6 Å². The van der Waals surface area contributed by atoms with Crippen molar-refractivity contribution < 1.29 is 9.53 Å². The first kappa shape index (κ1) is 16.3. The highest BCUT2D eigenvalue weighted by Gasteiger charge is 2.24. The van der Waals surface area contributed by atoms with Crippen LogP contribution in [0.3, 0.4) is 0 Å². The molecule has 1 aromatic carbocycles. The molecule has 0 aliphatic carbocycles. The van der Waals surface area contributed by atoms with E-state index >= 15 is 0 Å². The summed E-state index contributed by atoms with van der Waals surface area (Å²) in [6.07, 6.45) is 2.45. The van der Waals surface area contributed by atoms with Crippen molar-refractivity contribution in [1.29, 1.82) is 0 Å². The van der Waals surface area contributed by atoms with E-state index in [9.17, 15) is 4.79 Å². The van der Waals surface area contributed by atoms with E-state index in [-0.39, 0.29) is 5.91 Å². The van der Waals surface area contributed by atoms with Crippen LogP contribution in [-0.2, 0) is 16.0 Å². The molecule has 0 spiro atoms. The Hall–Kier alpha value is -1.59. The minimum absolute atomic E-state index is 0.247. The normalized spacial score (nSPS) is 22.4. The Morgan fingerprint density at radius 3 is 2.70 bits per heavy atom. The lowest BCUT2D eigenvalue weighted by Gasteiger charge is -2.35. The molecule has 2 N–H and O–H groups in total. The molecule has 0 aromatic heterocycles. The van der Waals surface area contributed by atoms with Crippen molar-refractivity contribution in [3.63, 3.8) is 0 Å². The molecule has 0 bridgehead atoms. The van der Waals surface area contributed by atoms with Gasteiger partial charge in [0.15, 0.2) is 0 Å². The standard InChI is InChI=1S/C18H27N3O2/c19-17-4-2-1-3-16(17)5-6-18(22)21-10-8-20(9-11-21)13-15-7-12-23-14-15/h1-4,15H,5-14,19H2. The van der Waals surface area contributed by atoms with Crippen molar-refractivity contribution in [1.82, 2.24) is 9.80 Å². The van der Waals surface area contributed by atoms with Crippen LogP contribution in [0.25, 0.3) is 0 Å². The van der Waals surface area contributed by atoms with Gasteiger partial charge >= 0.3 is 0 Å². The quantitative estimate of drug-likeness (QED) is 0.834. The molecule has 0 saturated carbocycles. The number of aryl methyl sites for hydroxylation is 1. The number of carbonyl (C=O) groups excluding carboxylic acids is 1. The largest absolute Gasteiger partial charge is 0.399 e. The molecule has 2 heterocycles. The number of hydrogen-bond acceptors (Lipinski definition) is 4. The minimum atomic E-state index is 0.247. The first-order chi connectivity index (χ1) is 11.2. The summed E-state index contributed by atoms with van der Waals surface area (Å²) in [6.45, 7) is 6.57. The Kier molecular flexibility index (Phi) is 5.51. The number of nitrogen functional groups attached to an aromatic ring is 1.